The van der Waals surface area contributed by atoms with Crippen LogP contribution in [0, 0.1) is 6.92 Å². The maximum absolute atomic E-state index is 4.44. The fourth-order valence-corrected chi connectivity index (χ4v) is 2.72. The van der Waals surface area contributed by atoms with Gasteiger partial charge in [0.05, 0.1) is 10.2 Å². The van der Waals surface area contributed by atoms with E-state index in [9.17, 15) is 0 Å². The van der Waals surface area contributed by atoms with E-state index in [2.05, 4.69) is 57.3 Å². The molecule has 82 valence electrons. The van der Waals surface area contributed by atoms with Crippen LogP contribution in [0.3, 0.4) is 0 Å². The highest BCUT2D eigenvalue weighted by atomic mass is 79.9. The summed E-state index contributed by atoms with van der Waals surface area (Å²) in [6.45, 7) is 2.12. The van der Waals surface area contributed by atoms with Crippen molar-refractivity contribution in [1.82, 2.24) is 10.2 Å². The SMILES string of the molecule is Cc1ccccc1-c1n[nH]c(C2CC2)c1Br. The average molecular weight is 277 g/mol. The van der Waals surface area contributed by atoms with Crippen molar-refractivity contribution >= 4 is 15.9 Å². The molecule has 2 aromatic rings. The van der Waals surface area contributed by atoms with E-state index in [4.69, 9.17) is 0 Å². The summed E-state index contributed by atoms with van der Waals surface area (Å²) < 4.78 is 1.14. The van der Waals surface area contributed by atoms with Crippen LogP contribution in [0.2, 0.25) is 0 Å². The van der Waals surface area contributed by atoms with Gasteiger partial charge in [-0.1, -0.05) is 24.3 Å². The monoisotopic (exact) mass is 276 g/mol. The van der Waals surface area contributed by atoms with Gasteiger partial charge in [0.1, 0.15) is 5.69 Å². The standard InChI is InChI=1S/C13H13BrN2/c1-8-4-2-3-5-10(8)13-11(14)12(15-16-13)9-6-7-9/h2-5,9H,6-7H2,1H3,(H,15,16). The average Bonchev–Trinajstić information content (AvgIpc) is 3.05. The van der Waals surface area contributed by atoms with Gasteiger partial charge in [0.25, 0.3) is 0 Å². The van der Waals surface area contributed by atoms with Crippen molar-refractivity contribution in [3.05, 3.63) is 40.0 Å². The molecule has 1 aliphatic rings. The molecule has 1 aromatic carbocycles. The van der Waals surface area contributed by atoms with Gasteiger partial charge in [-0.25, -0.2) is 0 Å². The maximum atomic E-state index is 4.44. The van der Waals surface area contributed by atoms with E-state index < -0.39 is 0 Å². The number of rotatable bonds is 2. The van der Waals surface area contributed by atoms with Crippen LogP contribution >= 0.6 is 15.9 Å². The van der Waals surface area contributed by atoms with E-state index in [1.54, 1.807) is 0 Å². The molecule has 0 saturated heterocycles. The number of aromatic nitrogens is 2. The normalized spacial score (nSPS) is 15.4. The van der Waals surface area contributed by atoms with Crippen LogP contribution in [0.1, 0.15) is 30.0 Å². The van der Waals surface area contributed by atoms with Crippen LogP contribution in [-0.4, -0.2) is 10.2 Å². The number of H-pyrrole nitrogens is 1. The van der Waals surface area contributed by atoms with Gasteiger partial charge < -0.3 is 0 Å². The first-order valence-corrected chi connectivity index (χ1v) is 6.36. The highest BCUT2D eigenvalue weighted by Crippen LogP contribution is 2.44. The van der Waals surface area contributed by atoms with Gasteiger partial charge in [-0.05, 0) is 41.3 Å². The number of aryl methyl sites for hydroxylation is 1. The molecule has 3 heteroatoms. The number of nitrogens with zero attached hydrogens (tertiary/aromatic N) is 1. The summed E-state index contributed by atoms with van der Waals surface area (Å²) in [5, 5.41) is 7.60. The summed E-state index contributed by atoms with van der Waals surface area (Å²) in [6.07, 6.45) is 2.57. The Labute approximate surface area is 103 Å². The van der Waals surface area contributed by atoms with Crippen molar-refractivity contribution in [3.8, 4) is 11.3 Å². The highest BCUT2D eigenvalue weighted by Gasteiger charge is 2.29. The lowest BCUT2D eigenvalue weighted by Gasteiger charge is -2.02. The molecule has 0 atom stereocenters. The summed E-state index contributed by atoms with van der Waals surface area (Å²) in [4.78, 5) is 0. The zero-order valence-electron chi connectivity index (χ0n) is 9.13. The van der Waals surface area contributed by atoms with Gasteiger partial charge in [0.2, 0.25) is 0 Å². The summed E-state index contributed by atoms with van der Waals surface area (Å²) in [7, 11) is 0. The quantitative estimate of drug-likeness (QED) is 0.882. The van der Waals surface area contributed by atoms with Gasteiger partial charge in [0.15, 0.2) is 0 Å². The Balaban J connectivity index is 2.10. The summed E-state index contributed by atoms with van der Waals surface area (Å²) in [5.74, 6) is 0.694. The fraction of sp³-hybridized carbons (Fsp3) is 0.308. The number of benzene rings is 1. The molecule has 0 unspecified atom stereocenters. The minimum absolute atomic E-state index is 0.694. The van der Waals surface area contributed by atoms with E-state index >= 15 is 0 Å². The molecule has 0 aliphatic heterocycles. The number of hydrogen-bond acceptors (Lipinski definition) is 1. The Kier molecular flexibility index (Phi) is 2.36. The summed E-state index contributed by atoms with van der Waals surface area (Å²) >= 11 is 3.67. The number of aromatic amines is 1. The molecular weight excluding hydrogens is 264 g/mol. The fourth-order valence-electron chi connectivity index (χ4n) is 2.00. The van der Waals surface area contributed by atoms with E-state index in [0.29, 0.717) is 5.92 Å². The smallest absolute Gasteiger partial charge is 0.107 e. The predicted octanol–water partition coefficient (Wildman–Crippen LogP) is 4.03. The lowest BCUT2D eigenvalue weighted by Crippen LogP contribution is -1.83. The van der Waals surface area contributed by atoms with Crippen molar-refractivity contribution in [2.45, 2.75) is 25.7 Å². The van der Waals surface area contributed by atoms with Crippen molar-refractivity contribution in [3.63, 3.8) is 0 Å². The van der Waals surface area contributed by atoms with Gasteiger partial charge in [-0.15, -0.1) is 0 Å². The number of nitrogens with one attached hydrogen (secondary N) is 1. The second-order valence-corrected chi connectivity index (χ2v) is 5.18. The van der Waals surface area contributed by atoms with Crippen molar-refractivity contribution in [2.24, 2.45) is 0 Å². The molecule has 0 radical (unpaired) electrons. The third-order valence-electron chi connectivity index (χ3n) is 3.12. The van der Waals surface area contributed by atoms with Crippen LogP contribution in [0.15, 0.2) is 28.7 Å². The summed E-state index contributed by atoms with van der Waals surface area (Å²) in [6, 6.07) is 8.35. The molecule has 1 aromatic heterocycles. The second-order valence-electron chi connectivity index (χ2n) is 4.39. The largest absolute Gasteiger partial charge is 0.280 e. The van der Waals surface area contributed by atoms with Crippen molar-refractivity contribution in [2.75, 3.05) is 0 Å². The predicted molar refractivity (Wildman–Crippen MR) is 68.4 cm³/mol. The minimum Gasteiger partial charge on any atom is -0.280 e. The third-order valence-corrected chi connectivity index (χ3v) is 3.92. The number of halogens is 1. The Morgan fingerprint density at radius 1 is 1.31 bits per heavy atom. The van der Waals surface area contributed by atoms with E-state index in [1.165, 1.54) is 29.7 Å². The third kappa shape index (κ3) is 1.59. The Hall–Kier alpha value is -1.09. The Morgan fingerprint density at radius 3 is 2.75 bits per heavy atom. The highest BCUT2D eigenvalue weighted by molar-refractivity contribution is 9.10. The molecule has 0 amide bonds. The second kappa shape index (κ2) is 3.74. The van der Waals surface area contributed by atoms with Crippen LogP contribution < -0.4 is 0 Å². The maximum Gasteiger partial charge on any atom is 0.107 e. The molecule has 1 N–H and O–H groups in total. The summed E-state index contributed by atoms with van der Waals surface area (Å²) in [5.41, 5.74) is 4.77. The first-order chi connectivity index (χ1) is 7.77. The molecule has 0 bridgehead atoms. The lowest BCUT2D eigenvalue weighted by molar-refractivity contribution is 0.963. The van der Waals surface area contributed by atoms with Gasteiger partial charge in [-0.2, -0.15) is 5.10 Å². The molecular formula is C13H13BrN2. The van der Waals surface area contributed by atoms with Gasteiger partial charge >= 0.3 is 0 Å². The molecule has 1 heterocycles. The lowest BCUT2D eigenvalue weighted by atomic mass is 10.1. The first kappa shape index (κ1) is 10.1. The molecule has 2 nitrogen and oxygen atoms in total. The van der Waals surface area contributed by atoms with Crippen molar-refractivity contribution < 1.29 is 0 Å². The number of hydrogen-bond donors (Lipinski definition) is 1. The minimum atomic E-state index is 0.694. The zero-order valence-corrected chi connectivity index (χ0v) is 10.7. The molecule has 16 heavy (non-hydrogen) atoms. The Morgan fingerprint density at radius 2 is 2.06 bits per heavy atom. The van der Waals surface area contributed by atoms with E-state index in [1.807, 2.05) is 0 Å². The van der Waals surface area contributed by atoms with E-state index in [0.717, 1.165) is 10.2 Å². The van der Waals surface area contributed by atoms with Crippen LogP contribution in [0.4, 0.5) is 0 Å². The van der Waals surface area contributed by atoms with Gasteiger partial charge in [-0.3, -0.25) is 5.10 Å². The van der Waals surface area contributed by atoms with Crippen LogP contribution in [0.5, 0.6) is 0 Å². The zero-order chi connectivity index (χ0) is 11.1. The molecule has 0 spiro atoms. The molecule has 1 aliphatic carbocycles. The topological polar surface area (TPSA) is 28.7 Å². The van der Waals surface area contributed by atoms with Crippen LogP contribution in [-0.2, 0) is 0 Å². The van der Waals surface area contributed by atoms with Crippen molar-refractivity contribution in [1.29, 1.82) is 0 Å². The molecule has 3 rings (SSSR count). The molecule has 1 fully saturated rings. The molecule has 1 saturated carbocycles. The Bertz CT molecular complexity index is 526. The van der Waals surface area contributed by atoms with E-state index in [-0.39, 0.29) is 0 Å². The van der Waals surface area contributed by atoms with Crippen LogP contribution in [0.25, 0.3) is 11.3 Å². The first-order valence-electron chi connectivity index (χ1n) is 5.57. The van der Waals surface area contributed by atoms with Gasteiger partial charge in [0, 0.05) is 11.5 Å².